The number of fused-ring (bicyclic) bond motifs is 1. The van der Waals surface area contributed by atoms with Gasteiger partial charge in [-0.25, -0.2) is 9.97 Å². The van der Waals surface area contributed by atoms with E-state index in [9.17, 15) is 14.5 Å². The van der Waals surface area contributed by atoms with Crippen LogP contribution in [0.25, 0.3) is 5.78 Å². The summed E-state index contributed by atoms with van der Waals surface area (Å²) in [6.45, 7) is 8.64. The van der Waals surface area contributed by atoms with Crippen molar-refractivity contribution in [2.45, 2.75) is 51.3 Å². The van der Waals surface area contributed by atoms with Crippen molar-refractivity contribution in [3.8, 4) is 5.75 Å². The number of carbonyl (C=O) groups is 1. The number of carbonyl (C=O) groups excluding carboxylic acids is 1. The summed E-state index contributed by atoms with van der Waals surface area (Å²) >= 11 is 5.03. The second-order valence-electron chi connectivity index (χ2n) is 9.74. The van der Waals surface area contributed by atoms with Gasteiger partial charge in [0.2, 0.25) is 5.78 Å². The topological polar surface area (TPSA) is 106 Å². The molecule has 0 radical (unpaired) electrons. The van der Waals surface area contributed by atoms with Crippen LogP contribution in [-0.4, -0.2) is 52.7 Å². The molecule has 3 heterocycles. The molecule has 0 aliphatic carbocycles. The molecule has 2 atom stereocenters. The van der Waals surface area contributed by atoms with Crippen molar-refractivity contribution >= 4 is 34.6 Å². The lowest BCUT2D eigenvalue weighted by molar-refractivity contribution is 0.0673. The van der Waals surface area contributed by atoms with Crippen molar-refractivity contribution in [3.05, 3.63) is 58.6 Å². The quantitative estimate of drug-likeness (QED) is 0.509. The molecule has 8 nitrogen and oxygen atoms in total. The number of aromatic hydroxyl groups is 1. The number of nitrogens with zero attached hydrogens (tertiary/aromatic N) is 4. The lowest BCUT2D eigenvalue weighted by Gasteiger charge is -2.38. The molecule has 182 valence electrons. The Morgan fingerprint density at radius 1 is 1.29 bits per heavy atom. The average Bonchev–Trinajstić information content (AvgIpc) is 3.27. The first-order valence-corrected chi connectivity index (χ1v) is 12.8. The fraction of sp³-hybridized carbons (Fsp3) is 0.458. The van der Waals surface area contributed by atoms with Crippen LogP contribution in [0, 0.1) is 12.8 Å². The summed E-state index contributed by atoms with van der Waals surface area (Å²) < 4.78 is 17.5. The van der Waals surface area contributed by atoms with Gasteiger partial charge in [-0.3, -0.25) is 9.20 Å². The number of phenolic OH excluding ortho intramolecular Hbond substituents is 1. The number of aromatic nitrogens is 3. The monoisotopic (exact) mass is 503 g/mol. The van der Waals surface area contributed by atoms with Gasteiger partial charge in [0.1, 0.15) is 10.5 Å². The summed E-state index contributed by atoms with van der Waals surface area (Å²) in [4.78, 5) is 23.3. The third kappa shape index (κ3) is 5.17. The summed E-state index contributed by atoms with van der Waals surface area (Å²) in [6.07, 6.45) is 8.08. The molecule has 1 amide bonds. The van der Waals surface area contributed by atoms with Crippen molar-refractivity contribution in [1.29, 1.82) is 0 Å². The summed E-state index contributed by atoms with van der Waals surface area (Å²) in [5.41, 5.74) is 1.92. The molecule has 0 spiro atoms. The van der Waals surface area contributed by atoms with Gasteiger partial charge in [-0.2, -0.15) is 0 Å². The zero-order chi connectivity index (χ0) is 24.6. The minimum absolute atomic E-state index is 0.0641. The van der Waals surface area contributed by atoms with E-state index in [1.807, 2.05) is 32.6 Å². The number of halogens is 1. The zero-order valence-electron chi connectivity index (χ0n) is 19.8. The number of likely N-dealkylation sites (tertiary alicyclic amines) is 1. The SMILES string of the molecule is Cc1cc(O)c(C(N[S@@+]([O-])C(C)(C)C)C2CCN(C(=O)c3cnc4nccn4c3)CC2)cc1Cl. The second kappa shape index (κ2) is 9.73. The van der Waals surface area contributed by atoms with E-state index < -0.39 is 16.1 Å². The van der Waals surface area contributed by atoms with Gasteiger partial charge in [0, 0.05) is 59.8 Å². The Morgan fingerprint density at radius 3 is 2.68 bits per heavy atom. The van der Waals surface area contributed by atoms with Crippen LogP contribution in [0.5, 0.6) is 5.75 Å². The molecule has 4 rings (SSSR count). The van der Waals surface area contributed by atoms with Gasteiger partial charge in [-0.1, -0.05) is 11.6 Å². The minimum atomic E-state index is -1.35. The number of hydrogen-bond acceptors (Lipinski definition) is 6. The van der Waals surface area contributed by atoms with E-state index in [0.717, 1.165) is 5.56 Å². The normalized spacial score (nSPS) is 17.2. The number of piperidine rings is 1. The molecule has 3 aromatic rings. The molecule has 0 bridgehead atoms. The van der Waals surface area contributed by atoms with Crippen LogP contribution in [0.3, 0.4) is 0 Å². The van der Waals surface area contributed by atoms with Crippen LogP contribution < -0.4 is 4.72 Å². The maximum Gasteiger partial charge on any atom is 0.256 e. The highest BCUT2D eigenvalue weighted by Gasteiger charge is 2.37. The molecule has 1 aliphatic heterocycles. The molecule has 1 fully saturated rings. The summed E-state index contributed by atoms with van der Waals surface area (Å²) in [6, 6.07) is 3.04. The summed E-state index contributed by atoms with van der Waals surface area (Å²) in [5, 5.41) is 11.3. The van der Waals surface area contributed by atoms with Crippen molar-refractivity contribution in [1.82, 2.24) is 24.0 Å². The van der Waals surface area contributed by atoms with Gasteiger partial charge in [0.25, 0.3) is 5.91 Å². The standard InChI is InChI=1S/C24H30ClN5O3S/c1-15-11-20(31)18(12-19(15)25)21(28-34(33)24(2,3)4)16-5-8-29(9-6-16)22(32)17-13-27-23-26-7-10-30(23)14-17/h7,10-14,16,21,28,31H,5-6,8-9H2,1-4H3/t21?,34-/m0/s1. The highest BCUT2D eigenvalue weighted by atomic mass is 35.5. The zero-order valence-corrected chi connectivity index (χ0v) is 21.4. The Labute approximate surface area is 207 Å². The van der Waals surface area contributed by atoms with Gasteiger partial charge in [-0.05, 0) is 64.2 Å². The molecular formula is C24H30ClN5O3S. The first kappa shape index (κ1) is 24.8. The van der Waals surface area contributed by atoms with Gasteiger partial charge in [-0.15, -0.1) is 4.72 Å². The summed E-state index contributed by atoms with van der Waals surface area (Å²) in [7, 11) is 0. The largest absolute Gasteiger partial charge is 0.598 e. The van der Waals surface area contributed by atoms with Crippen molar-refractivity contribution < 1.29 is 14.5 Å². The lowest BCUT2D eigenvalue weighted by atomic mass is 9.85. The smallest absolute Gasteiger partial charge is 0.256 e. The Kier molecular flexibility index (Phi) is 7.09. The van der Waals surface area contributed by atoms with E-state index in [0.29, 0.717) is 47.9 Å². The minimum Gasteiger partial charge on any atom is -0.598 e. The van der Waals surface area contributed by atoms with Gasteiger partial charge in [0.15, 0.2) is 0 Å². The van der Waals surface area contributed by atoms with E-state index in [1.165, 1.54) is 0 Å². The number of nitrogens with one attached hydrogen (secondary N) is 1. The van der Waals surface area contributed by atoms with E-state index in [2.05, 4.69) is 14.7 Å². The lowest BCUT2D eigenvalue weighted by Crippen LogP contribution is -2.46. The molecule has 0 saturated carbocycles. The Bertz CT molecular complexity index is 1190. The van der Waals surface area contributed by atoms with Gasteiger partial charge in [0.05, 0.1) is 11.6 Å². The number of imidazole rings is 1. The highest BCUT2D eigenvalue weighted by Crippen LogP contribution is 2.39. The van der Waals surface area contributed by atoms with Gasteiger partial charge < -0.3 is 14.6 Å². The fourth-order valence-electron chi connectivity index (χ4n) is 4.18. The van der Waals surface area contributed by atoms with E-state index in [-0.39, 0.29) is 23.6 Å². The van der Waals surface area contributed by atoms with Crippen LogP contribution in [0.15, 0.2) is 36.9 Å². The molecule has 34 heavy (non-hydrogen) atoms. The van der Waals surface area contributed by atoms with E-state index in [1.54, 1.807) is 41.3 Å². The number of aryl methyl sites for hydroxylation is 1. The second-order valence-corrected chi connectivity index (χ2v) is 12.1. The average molecular weight is 504 g/mol. The number of rotatable bonds is 5. The van der Waals surface area contributed by atoms with Gasteiger partial charge >= 0.3 is 0 Å². The summed E-state index contributed by atoms with van der Waals surface area (Å²) in [5.74, 6) is 0.663. The van der Waals surface area contributed by atoms with E-state index >= 15 is 0 Å². The van der Waals surface area contributed by atoms with Crippen molar-refractivity contribution in [3.63, 3.8) is 0 Å². The van der Waals surface area contributed by atoms with Crippen molar-refractivity contribution in [2.75, 3.05) is 13.1 Å². The van der Waals surface area contributed by atoms with Crippen LogP contribution in [0.2, 0.25) is 5.02 Å². The molecule has 1 saturated heterocycles. The Morgan fingerprint density at radius 2 is 2.00 bits per heavy atom. The number of amides is 1. The Balaban J connectivity index is 1.53. The molecule has 1 aromatic carbocycles. The predicted octanol–water partition coefficient (Wildman–Crippen LogP) is 4.04. The van der Waals surface area contributed by atoms with E-state index in [4.69, 9.17) is 11.6 Å². The molecule has 2 N–H and O–H groups in total. The first-order chi connectivity index (χ1) is 16.0. The third-order valence-electron chi connectivity index (χ3n) is 6.22. The highest BCUT2D eigenvalue weighted by molar-refractivity contribution is 7.90. The maximum atomic E-state index is 13.1. The number of hydrogen-bond donors (Lipinski definition) is 2. The van der Waals surface area contributed by atoms with Crippen LogP contribution in [0.1, 0.15) is 61.1 Å². The Hall–Kier alpha value is -2.33. The molecule has 10 heteroatoms. The molecule has 1 aliphatic rings. The number of phenols is 1. The first-order valence-electron chi connectivity index (χ1n) is 11.3. The van der Waals surface area contributed by atoms with Crippen LogP contribution in [-0.2, 0) is 11.4 Å². The molecule has 1 unspecified atom stereocenters. The van der Waals surface area contributed by atoms with Crippen molar-refractivity contribution in [2.24, 2.45) is 5.92 Å². The molecule has 2 aromatic heterocycles. The van der Waals surface area contributed by atoms with Crippen LogP contribution >= 0.6 is 11.6 Å². The van der Waals surface area contributed by atoms with Crippen LogP contribution in [0.4, 0.5) is 0 Å². The third-order valence-corrected chi connectivity index (χ3v) is 8.21. The predicted molar refractivity (Wildman–Crippen MR) is 133 cm³/mol. The maximum absolute atomic E-state index is 13.1. The molecular weight excluding hydrogens is 474 g/mol. The fourth-order valence-corrected chi connectivity index (χ4v) is 5.26. The number of benzene rings is 1.